The zero-order chi connectivity index (χ0) is 51.5. The molecule has 0 unspecified atom stereocenters. The fourth-order valence-electron chi connectivity index (χ4n) is 7.07. The predicted molar refractivity (Wildman–Crippen MR) is 265 cm³/mol. The van der Waals surface area contributed by atoms with E-state index < -0.39 is 41.3 Å². The third kappa shape index (κ3) is 14.7. The van der Waals surface area contributed by atoms with Crippen LogP contribution in [-0.2, 0) is 20.4 Å². The van der Waals surface area contributed by atoms with Crippen LogP contribution in [0.25, 0.3) is 20.9 Å². The Morgan fingerprint density at radius 1 is 0.725 bits per heavy atom. The number of halogens is 7. The summed E-state index contributed by atoms with van der Waals surface area (Å²) in [5.74, 6) is 0.416. The number of alkyl halides is 7. The van der Waals surface area contributed by atoms with Gasteiger partial charge in [0.05, 0.1) is 38.6 Å². The van der Waals surface area contributed by atoms with Gasteiger partial charge >= 0.3 is 24.5 Å². The number of Topliss-reactive ketones (excluding diaryl/α,β-unsaturated/α-hetero) is 1. The summed E-state index contributed by atoms with van der Waals surface area (Å²) in [6.07, 6.45) is -1.07. The monoisotopic (exact) mass is 1120 g/mol. The Kier molecular flexibility index (Phi) is 19.7. The number of thiazole rings is 2. The normalized spacial score (nSPS) is 15.1. The molecule has 1 saturated heterocycles. The molecule has 69 heavy (non-hydrogen) atoms. The number of carbonyl (C=O) groups excluding carboxylic acids is 4. The number of hydrogen-bond acceptors (Lipinski definition) is 11. The largest absolute Gasteiger partial charge is 0.418 e. The number of amides is 4. The third-order valence-corrected chi connectivity index (χ3v) is 13.7. The molecule has 0 radical (unpaired) electrons. The number of hydrogen-bond donors (Lipinski definition) is 3. The second-order valence-electron chi connectivity index (χ2n) is 17.1. The number of primary amides is 1. The molecule has 5 aromatic rings. The van der Waals surface area contributed by atoms with Crippen LogP contribution in [0.5, 0.6) is 5.75 Å². The van der Waals surface area contributed by atoms with Gasteiger partial charge in [-0.1, -0.05) is 76.3 Å². The minimum Gasteiger partial charge on any atom is -0.410 e. The summed E-state index contributed by atoms with van der Waals surface area (Å²) in [5.41, 5.74) is 2.94. The molecule has 1 aromatic carbocycles. The van der Waals surface area contributed by atoms with Crippen LogP contribution in [-0.4, -0.2) is 78.5 Å². The maximum Gasteiger partial charge on any atom is 0.418 e. The molecule has 374 valence electrons. The van der Waals surface area contributed by atoms with Crippen molar-refractivity contribution in [3.8, 4) is 26.6 Å². The molecule has 4 N–H and O–H groups in total. The van der Waals surface area contributed by atoms with Gasteiger partial charge in [0.15, 0.2) is 16.0 Å². The minimum absolute atomic E-state index is 0.0600. The van der Waals surface area contributed by atoms with Crippen molar-refractivity contribution in [1.82, 2.24) is 24.8 Å². The fraction of sp³-hybridized carbons (Fsp3) is 0.447. The van der Waals surface area contributed by atoms with Crippen molar-refractivity contribution in [2.24, 2.45) is 11.7 Å². The van der Waals surface area contributed by atoms with Crippen LogP contribution < -0.4 is 21.1 Å². The van der Waals surface area contributed by atoms with Gasteiger partial charge in [-0.2, -0.15) is 26.3 Å². The van der Waals surface area contributed by atoms with Gasteiger partial charge in [0.2, 0.25) is 5.91 Å². The lowest BCUT2D eigenvalue weighted by atomic mass is 9.87. The van der Waals surface area contributed by atoms with Crippen LogP contribution in [0.1, 0.15) is 95.9 Å². The van der Waals surface area contributed by atoms with Crippen molar-refractivity contribution in [1.29, 1.82) is 0 Å². The minimum atomic E-state index is -4.44. The number of urea groups is 1. The van der Waals surface area contributed by atoms with E-state index in [2.05, 4.69) is 53.2 Å². The van der Waals surface area contributed by atoms with Crippen LogP contribution in [0.3, 0.4) is 0 Å². The highest BCUT2D eigenvalue weighted by Crippen LogP contribution is 2.43. The number of nitrogens with one attached hydrogen (secondary N) is 2. The van der Waals surface area contributed by atoms with Crippen molar-refractivity contribution < 1.29 is 50.3 Å². The molecule has 2 fully saturated rings. The molecule has 1 aliphatic carbocycles. The lowest BCUT2D eigenvalue weighted by molar-refractivity contribution is -0.181. The molecule has 5 heterocycles. The second-order valence-corrected chi connectivity index (χ2v) is 19.1. The maximum atomic E-state index is 13.4. The van der Waals surface area contributed by atoms with E-state index in [1.807, 2.05) is 4.93 Å². The number of nitrogens with zero attached hydrogens (tertiary/aromatic N) is 5. The molecule has 13 nitrogen and oxygen atoms in total. The summed E-state index contributed by atoms with van der Waals surface area (Å²) < 4.78 is 85.4. The van der Waals surface area contributed by atoms with Crippen molar-refractivity contribution >= 4 is 79.3 Å². The molecule has 1 saturated carbocycles. The third-order valence-electron chi connectivity index (χ3n) is 11.5. The number of ketones is 1. The number of aromatic nitrogens is 4. The Morgan fingerprint density at radius 3 is 1.61 bits per heavy atom. The van der Waals surface area contributed by atoms with E-state index in [4.69, 9.17) is 10.5 Å². The van der Waals surface area contributed by atoms with Crippen LogP contribution in [0, 0.1) is 19.8 Å². The Bertz CT molecular complexity index is 2550. The standard InChI is InChI=1S/C20H23F3N4O2S.C20H18F3N3O2S.C6H11NO.CH3I/c1-11-16(13-7-8-24-15(10-13)19(3,4)20(21,22)23)30-17(25-11)26-18(29)27-9-5-6-14(27)12(2)28;1-12-16(13-9-10-24-15(11-13)19(2,3)20(21,22)23)29-17(25-12)26-18(27)28-14-7-5-4-6-8-14;7-6(8)5-3-1-2-4-5;1-2/h7-8,10,14H,5-6,9H2,1-4H3,(H,25,26,29);4-11H,1-3H3,(H,25,26,27);5H,1-4H2,(H2,7,8);1H3/t14-;;;/m0.../s1. The Hall–Kier alpha value is -5.23. The summed E-state index contributed by atoms with van der Waals surface area (Å²) in [4.78, 5) is 68.0. The highest BCUT2D eigenvalue weighted by molar-refractivity contribution is 14.1. The number of ether oxygens (including phenoxy) is 1. The van der Waals surface area contributed by atoms with Crippen LogP contribution >= 0.6 is 45.3 Å². The number of aryl methyl sites for hydroxylation is 2. The summed E-state index contributed by atoms with van der Waals surface area (Å²) in [6, 6.07) is 13.8. The lowest BCUT2D eigenvalue weighted by Gasteiger charge is -2.27. The first kappa shape index (κ1) is 56.4. The van der Waals surface area contributed by atoms with Gasteiger partial charge in [0.1, 0.15) is 16.6 Å². The number of nitrogens with two attached hydrogens (primary N) is 1. The molecular weight excluding hydrogens is 1060 g/mol. The Morgan fingerprint density at radius 2 is 1.19 bits per heavy atom. The van der Waals surface area contributed by atoms with Gasteiger partial charge in [-0.15, -0.1) is 0 Å². The Balaban J connectivity index is 0.000000251. The SMILES string of the molecule is CC(=O)[C@@H]1CCCN1C(=O)Nc1nc(C)c(-c2ccnc(C(C)(C)C(F)(F)F)c2)s1.CI.Cc1nc(NC(=O)Oc2ccccc2)sc1-c1ccnc(C(C)(C)C(F)(F)F)c1.NC(=O)C1CCCC1. The molecule has 0 spiro atoms. The average Bonchev–Trinajstić information content (AvgIpc) is 4.13. The molecule has 1 aliphatic heterocycles. The molecule has 1 atom stereocenters. The van der Waals surface area contributed by atoms with Crippen molar-refractivity contribution in [2.45, 2.75) is 116 Å². The van der Waals surface area contributed by atoms with E-state index >= 15 is 0 Å². The zero-order valence-electron chi connectivity index (χ0n) is 39.3. The van der Waals surface area contributed by atoms with Crippen LogP contribution in [0.15, 0.2) is 67.0 Å². The number of para-hydroxylation sites is 1. The number of anilines is 2. The van der Waals surface area contributed by atoms with E-state index in [0.717, 1.165) is 58.3 Å². The van der Waals surface area contributed by atoms with E-state index in [1.54, 1.807) is 56.3 Å². The Labute approximate surface area is 418 Å². The van der Waals surface area contributed by atoms with E-state index in [0.29, 0.717) is 56.1 Å². The highest BCUT2D eigenvalue weighted by Gasteiger charge is 2.50. The molecule has 2 aliphatic rings. The van der Waals surface area contributed by atoms with Crippen molar-refractivity contribution in [2.75, 3.05) is 22.1 Å². The lowest BCUT2D eigenvalue weighted by Crippen LogP contribution is -2.42. The maximum absolute atomic E-state index is 13.4. The number of benzene rings is 1. The first-order valence-corrected chi connectivity index (χ1v) is 25.4. The van der Waals surface area contributed by atoms with Gasteiger partial charge < -0.3 is 15.4 Å². The van der Waals surface area contributed by atoms with Crippen molar-refractivity contribution in [3.05, 3.63) is 89.8 Å². The number of pyridine rings is 2. The van der Waals surface area contributed by atoms with Gasteiger partial charge in [-0.3, -0.25) is 30.2 Å². The van der Waals surface area contributed by atoms with E-state index in [9.17, 15) is 45.5 Å². The average molecular weight is 1120 g/mol. The molecular formula is C47H55F6IN8O5S2. The predicted octanol–water partition coefficient (Wildman–Crippen LogP) is 12.6. The quantitative estimate of drug-likeness (QED) is 0.0735. The fourth-order valence-corrected chi connectivity index (χ4v) is 8.97. The highest BCUT2D eigenvalue weighted by atomic mass is 127. The van der Waals surface area contributed by atoms with Crippen molar-refractivity contribution in [3.63, 3.8) is 0 Å². The number of carbonyl (C=O) groups is 4. The summed E-state index contributed by atoms with van der Waals surface area (Å²) >= 11 is 4.47. The molecule has 7 rings (SSSR count). The molecule has 4 amide bonds. The van der Waals surface area contributed by atoms with Crippen LogP contribution in [0.2, 0.25) is 0 Å². The first-order chi connectivity index (χ1) is 32.3. The summed E-state index contributed by atoms with van der Waals surface area (Å²) in [5, 5.41) is 5.87. The zero-order valence-corrected chi connectivity index (χ0v) is 43.1. The van der Waals surface area contributed by atoms with Crippen LogP contribution in [0.4, 0.5) is 46.2 Å². The second kappa shape index (κ2) is 24.1. The smallest absolute Gasteiger partial charge is 0.410 e. The van der Waals surface area contributed by atoms with E-state index in [1.165, 1.54) is 60.5 Å². The van der Waals surface area contributed by atoms with Gasteiger partial charge in [-0.05, 0) is 127 Å². The first-order valence-electron chi connectivity index (χ1n) is 21.6. The summed E-state index contributed by atoms with van der Waals surface area (Å²) in [7, 11) is 0. The van der Waals surface area contributed by atoms with Gasteiger partial charge in [0, 0.05) is 24.9 Å². The summed E-state index contributed by atoms with van der Waals surface area (Å²) in [6.45, 7) is 9.76. The molecule has 4 aromatic heterocycles. The number of rotatable bonds is 9. The topological polar surface area (TPSA) is 182 Å². The van der Waals surface area contributed by atoms with E-state index in [-0.39, 0.29) is 34.1 Å². The van der Waals surface area contributed by atoms with Gasteiger partial charge in [0.25, 0.3) is 0 Å². The molecule has 0 bridgehead atoms. The number of likely N-dealkylation sites (tertiary alicyclic amines) is 1. The molecule has 22 heteroatoms. The van der Waals surface area contributed by atoms with Gasteiger partial charge in [-0.25, -0.2) is 19.6 Å².